The third kappa shape index (κ3) is 3.26. The molecular formula is C14H18FNO4. The van der Waals surface area contributed by atoms with Crippen LogP contribution < -0.4 is 0 Å². The zero-order valence-electron chi connectivity index (χ0n) is 11.3. The first kappa shape index (κ1) is 14.7. The minimum Gasteiger partial charge on any atom is -0.445 e. The van der Waals surface area contributed by atoms with E-state index in [4.69, 9.17) is 9.47 Å². The molecule has 1 aliphatic heterocycles. The Bertz CT molecular complexity index is 456. The van der Waals surface area contributed by atoms with Crippen LogP contribution in [0.25, 0.3) is 0 Å². The summed E-state index contributed by atoms with van der Waals surface area (Å²) in [6.07, 6.45) is -2.22. The number of ether oxygens (including phenoxy) is 2. The smallest absolute Gasteiger partial charge is 0.410 e. The molecule has 6 heteroatoms. The maximum Gasteiger partial charge on any atom is 0.410 e. The van der Waals surface area contributed by atoms with E-state index in [0.29, 0.717) is 0 Å². The molecule has 0 radical (unpaired) electrons. The standard InChI is InChI=1S/C14H18FNO4/c1-19-14(18)7-8-16(9-12(14)15)13(17)20-10-11-5-3-2-4-6-11/h2-6,12,18H,7-10H2,1H3/t12-,14+/m1/s1. The van der Waals surface area contributed by atoms with Crippen molar-refractivity contribution in [1.82, 2.24) is 4.90 Å². The summed E-state index contributed by atoms with van der Waals surface area (Å²) in [5, 5.41) is 9.78. The highest BCUT2D eigenvalue weighted by Crippen LogP contribution is 2.26. The predicted octanol–water partition coefficient (Wildman–Crippen LogP) is 1.70. The fourth-order valence-corrected chi connectivity index (χ4v) is 2.09. The third-order valence-electron chi connectivity index (χ3n) is 3.43. The second kappa shape index (κ2) is 6.19. The number of piperidine rings is 1. The molecule has 0 unspecified atom stereocenters. The summed E-state index contributed by atoms with van der Waals surface area (Å²) in [4.78, 5) is 13.1. The molecule has 1 saturated heterocycles. The molecule has 1 aromatic rings. The second-order valence-corrected chi connectivity index (χ2v) is 4.75. The minimum atomic E-state index is -1.81. The molecule has 1 amide bonds. The van der Waals surface area contributed by atoms with E-state index in [9.17, 15) is 14.3 Å². The summed E-state index contributed by atoms with van der Waals surface area (Å²) < 4.78 is 23.6. The van der Waals surface area contributed by atoms with Gasteiger partial charge in [0.2, 0.25) is 5.79 Å². The molecule has 0 saturated carbocycles. The van der Waals surface area contributed by atoms with Crippen molar-refractivity contribution < 1.29 is 23.8 Å². The lowest BCUT2D eigenvalue weighted by molar-refractivity contribution is -0.244. The van der Waals surface area contributed by atoms with Crippen molar-refractivity contribution in [3.05, 3.63) is 35.9 Å². The highest BCUT2D eigenvalue weighted by Gasteiger charge is 2.44. The van der Waals surface area contributed by atoms with Gasteiger partial charge in [0.15, 0.2) is 6.17 Å². The Morgan fingerprint density at radius 2 is 2.20 bits per heavy atom. The zero-order valence-corrected chi connectivity index (χ0v) is 11.3. The number of hydrogen-bond donors (Lipinski definition) is 1. The number of carbonyl (C=O) groups is 1. The van der Waals surface area contributed by atoms with E-state index in [1.165, 1.54) is 12.0 Å². The van der Waals surface area contributed by atoms with Crippen molar-refractivity contribution in [3.8, 4) is 0 Å². The number of methoxy groups -OCH3 is 1. The van der Waals surface area contributed by atoms with E-state index in [-0.39, 0.29) is 26.1 Å². The van der Waals surface area contributed by atoms with Crippen LogP contribution in [0.5, 0.6) is 0 Å². The summed E-state index contributed by atoms with van der Waals surface area (Å²) in [6, 6.07) is 9.24. The Morgan fingerprint density at radius 1 is 1.50 bits per heavy atom. The monoisotopic (exact) mass is 283 g/mol. The number of aliphatic hydroxyl groups is 1. The summed E-state index contributed by atoms with van der Waals surface area (Å²) in [6.45, 7) is 0.0953. The van der Waals surface area contributed by atoms with Crippen molar-refractivity contribution in [2.45, 2.75) is 25.0 Å². The van der Waals surface area contributed by atoms with Gasteiger partial charge in [-0.1, -0.05) is 30.3 Å². The number of likely N-dealkylation sites (tertiary alicyclic amines) is 1. The summed E-state index contributed by atoms with van der Waals surface area (Å²) in [5.41, 5.74) is 0.864. The molecule has 0 bridgehead atoms. The highest BCUT2D eigenvalue weighted by molar-refractivity contribution is 5.67. The maximum atomic E-state index is 13.8. The molecule has 110 valence electrons. The average molecular weight is 283 g/mol. The van der Waals surface area contributed by atoms with Crippen LogP contribution in [-0.4, -0.2) is 48.3 Å². The lowest BCUT2D eigenvalue weighted by Gasteiger charge is -2.38. The normalized spacial score (nSPS) is 26.4. The van der Waals surface area contributed by atoms with Crippen LogP contribution in [0, 0.1) is 0 Å². The van der Waals surface area contributed by atoms with E-state index in [1.807, 2.05) is 30.3 Å². The van der Waals surface area contributed by atoms with Gasteiger partial charge < -0.3 is 19.5 Å². The number of alkyl halides is 1. The van der Waals surface area contributed by atoms with Crippen LogP contribution >= 0.6 is 0 Å². The first-order valence-electron chi connectivity index (χ1n) is 6.42. The Balaban J connectivity index is 1.85. The fraction of sp³-hybridized carbons (Fsp3) is 0.500. The lowest BCUT2D eigenvalue weighted by Crippen LogP contribution is -2.56. The second-order valence-electron chi connectivity index (χ2n) is 4.75. The SMILES string of the molecule is CO[C@@]1(O)CCN(C(=O)OCc2ccccc2)C[C@H]1F. The maximum absolute atomic E-state index is 13.8. The van der Waals surface area contributed by atoms with Gasteiger partial charge in [-0.15, -0.1) is 0 Å². The molecule has 2 rings (SSSR count). The van der Waals surface area contributed by atoms with E-state index in [0.717, 1.165) is 5.56 Å². The third-order valence-corrected chi connectivity index (χ3v) is 3.43. The van der Waals surface area contributed by atoms with Crippen LogP contribution in [0.4, 0.5) is 9.18 Å². The predicted molar refractivity (Wildman–Crippen MR) is 69.7 cm³/mol. The van der Waals surface area contributed by atoms with Gasteiger partial charge in [0.1, 0.15) is 6.61 Å². The molecule has 20 heavy (non-hydrogen) atoms. The lowest BCUT2D eigenvalue weighted by atomic mass is 10.0. The molecule has 1 N–H and O–H groups in total. The Labute approximate surface area is 116 Å². The van der Waals surface area contributed by atoms with Crippen LogP contribution in [-0.2, 0) is 16.1 Å². The van der Waals surface area contributed by atoms with Gasteiger partial charge >= 0.3 is 6.09 Å². The number of halogens is 1. The van der Waals surface area contributed by atoms with Crippen molar-refractivity contribution in [1.29, 1.82) is 0 Å². The van der Waals surface area contributed by atoms with E-state index in [2.05, 4.69) is 0 Å². The fourth-order valence-electron chi connectivity index (χ4n) is 2.09. The molecule has 1 heterocycles. The van der Waals surface area contributed by atoms with Crippen molar-refractivity contribution in [2.24, 2.45) is 0 Å². The number of benzene rings is 1. The van der Waals surface area contributed by atoms with Crippen molar-refractivity contribution >= 4 is 6.09 Å². The van der Waals surface area contributed by atoms with Crippen LogP contribution in [0.3, 0.4) is 0 Å². The van der Waals surface area contributed by atoms with E-state index in [1.54, 1.807) is 0 Å². The van der Waals surface area contributed by atoms with Crippen LogP contribution in [0.15, 0.2) is 30.3 Å². The zero-order chi connectivity index (χ0) is 14.6. The molecule has 1 aliphatic rings. The van der Waals surface area contributed by atoms with Gasteiger partial charge in [0.05, 0.1) is 6.54 Å². The average Bonchev–Trinajstić information content (AvgIpc) is 2.48. The highest BCUT2D eigenvalue weighted by atomic mass is 19.1. The molecule has 5 nitrogen and oxygen atoms in total. The molecule has 0 aliphatic carbocycles. The number of amides is 1. The molecule has 1 fully saturated rings. The Kier molecular flexibility index (Phi) is 4.57. The van der Waals surface area contributed by atoms with Gasteiger partial charge in [-0.25, -0.2) is 9.18 Å². The van der Waals surface area contributed by atoms with Gasteiger partial charge in [-0.3, -0.25) is 0 Å². The molecule has 1 aromatic carbocycles. The number of hydrogen-bond acceptors (Lipinski definition) is 4. The first-order chi connectivity index (χ1) is 9.55. The molecule has 0 aromatic heterocycles. The molecule has 2 atom stereocenters. The van der Waals surface area contributed by atoms with Gasteiger partial charge in [-0.2, -0.15) is 0 Å². The number of nitrogens with zero attached hydrogens (tertiary/aromatic N) is 1. The van der Waals surface area contributed by atoms with Crippen molar-refractivity contribution in [3.63, 3.8) is 0 Å². The van der Waals surface area contributed by atoms with E-state index >= 15 is 0 Å². The van der Waals surface area contributed by atoms with Crippen molar-refractivity contribution in [2.75, 3.05) is 20.2 Å². The minimum absolute atomic E-state index is 0.0190. The quantitative estimate of drug-likeness (QED) is 0.858. The van der Waals surface area contributed by atoms with Gasteiger partial charge in [-0.05, 0) is 5.56 Å². The summed E-state index contributed by atoms with van der Waals surface area (Å²) >= 11 is 0. The number of rotatable bonds is 3. The Morgan fingerprint density at radius 3 is 2.80 bits per heavy atom. The molecule has 0 spiro atoms. The number of carbonyl (C=O) groups excluding carboxylic acids is 1. The Hall–Kier alpha value is -1.66. The largest absolute Gasteiger partial charge is 0.445 e. The van der Waals surface area contributed by atoms with Crippen LogP contribution in [0.2, 0.25) is 0 Å². The van der Waals surface area contributed by atoms with Gasteiger partial charge in [0.25, 0.3) is 0 Å². The summed E-state index contributed by atoms with van der Waals surface area (Å²) in [5.74, 6) is -1.81. The van der Waals surface area contributed by atoms with E-state index < -0.39 is 18.1 Å². The first-order valence-corrected chi connectivity index (χ1v) is 6.42. The van der Waals surface area contributed by atoms with Gasteiger partial charge in [0, 0.05) is 20.1 Å². The van der Waals surface area contributed by atoms with Crippen LogP contribution in [0.1, 0.15) is 12.0 Å². The topological polar surface area (TPSA) is 59.0 Å². The summed E-state index contributed by atoms with van der Waals surface area (Å²) in [7, 11) is 1.25. The molecular weight excluding hydrogens is 265 g/mol.